The summed E-state index contributed by atoms with van der Waals surface area (Å²) in [5.74, 6) is 1.02. The highest BCUT2D eigenvalue weighted by Gasteiger charge is 2.31. The molecule has 7 heteroatoms. The zero-order valence-corrected chi connectivity index (χ0v) is 17.5. The fourth-order valence-electron chi connectivity index (χ4n) is 3.95. The SMILES string of the molecule is CC1CCCC(C)N1C(=O)COc1ccc(C(=O)NC(CN)C2CC2)cc1.Cl. The molecule has 0 bridgehead atoms. The van der Waals surface area contributed by atoms with Gasteiger partial charge in [0.1, 0.15) is 5.75 Å². The Morgan fingerprint density at radius 1 is 1.14 bits per heavy atom. The number of carbonyl (C=O) groups is 2. The van der Waals surface area contributed by atoms with E-state index >= 15 is 0 Å². The first-order chi connectivity index (χ1) is 13.0. The number of ether oxygens (including phenoxy) is 1. The summed E-state index contributed by atoms with van der Waals surface area (Å²) in [6.07, 6.45) is 5.53. The van der Waals surface area contributed by atoms with Gasteiger partial charge in [-0.15, -0.1) is 12.4 Å². The molecule has 2 aliphatic rings. The molecule has 1 saturated carbocycles. The van der Waals surface area contributed by atoms with Crippen LogP contribution in [0.4, 0.5) is 0 Å². The summed E-state index contributed by atoms with van der Waals surface area (Å²) >= 11 is 0. The zero-order chi connectivity index (χ0) is 19.4. The van der Waals surface area contributed by atoms with Crippen molar-refractivity contribution in [2.24, 2.45) is 11.7 Å². The van der Waals surface area contributed by atoms with E-state index in [0.29, 0.717) is 23.8 Å². The van der Waals surface area contributed by atoms with Crippen molar-refractivity contribution >= 4 is 24.2 Å². The van der Waals surface area contributed by atoms with Crippen LogP contribution >= 0.6 is 12.4 Å². The van der Waals surface area contributed by atoms with Crippen molar-refractivity contribution in [3.8, 4) is 5.75 Å². The number of hydrogen-bond acceptors (Lipinski definition) is 4. The van der Waals surface area contributed by atoms with Crippen molar-refractivity contribution in [2.75, 3.05) is 13.2 Å². The van der Waals surface area contributed by atoms with Gasteiger partial charge in [-0.25, -0.2) is 0 Å². The molecule has 2 amide bonds. The van der Waals surface area contributed by atoms with E-state index in [2.05, 4.69) is 19.2 Å². The lowest BCUT2D eigenvalue weighted by atomic mass is 9.97. The minimum Gasteiger partial charge on any atom is -0.484 e. The lowest BCUT2D eigenvalue weighted by Crippen LogP contribution is -2.49. The summed E-state index contributed by atoms with van der Waals surface area (Å²) in [5, 5.41) is 3.00. The predicted octanol–water partition coefficient (Wildman–Crippen LogP) is 2.74. The first-order valence-electron chi connectivity index (χ1n) is 10.0. The quantitative estimate of drug-likeness (QED) is 0.725. The van der Waals surface area contributed by atoms with Crippen LogP contribution in [-0.2, 0) is 4.79 Å². The molecule has 28 heavy (non-hydrogen) atoms. The summed E-state index contributed by atoms with van der Waals surface area (Å²) in [7, 11) is 0. The van der Waals surface area contributed by atoms with E-state index in [1.165, 1.54) is 6.42 Å². The minimum atomic E-state index is -0.115. The number of nitrogens with zero attached hydrogens (tertiary/aromatic N) is 1. The van der Waals surface area contributed by atoms with Gasteiger partial charge in [0.05, 0.1) is 0 Å². The number of halogens is 1. The Kier molecular flexibility index (Phi) is 8.13. The summed E-state index contributed by atoms with van der Waals surface area (Å²) in [6.45, 7) is 4.68. The normalized spacial score (nSPS) is 22.8. The van der Waals surface area contributed by atoms with Gasteiger partial charge in [0.25, 0.3) is 11.8 Å². The van der Waals surface area contributed by atoms with Crippen molar-refractivity contribution in [1.82, 2.24) is 10.2 Å². The third-order valence-corrected chi connectivity index (χ3v) is 5.72. The third kappa shape index (κ3) is 5.61. The summed E-state index contributed by atoms with van der Waals surface area (Å²) in [4.78, 5) is 26.8. The van der Waals surface area contributed by atoms with Crippen LogP contribution < -0.4 is 15.8 Å². The number of rotatable bonds is 7. The van der Waals surface area contributed by atoms with Crippen molar-refractivity contribution in [2.45, 2.75) is 64.1 Å². The first kappa shape index (κ1) is 22.5. The van der Waals surface area contributed by atoms with E-state index in [1.807, 2.05) is 4.90 Å². The number of hydrogen-bond donors (Lipinski definition) is 2. The molecule has 1 aliphatic carbocycles. The van der Waals surface area contributed by atoms with E-state index in [1.54, 1.807) is 24.3 Å². The zero-order valence-electron chi connectivity index (χ0n) is 16.7. The molecule has 1 aromatic carbocycles. The number of nitrogens with two attached hydrogens (primary N) is 1. The molecule has 1 aromatic rings. The molecule has 6 nitrogen and oxygen atoms in total. The van der Waals surface area contributed by atoms with E-state index in [0.717, 1.165) is 25.7 Å². The van der Waals surface area contributed by atoms with Gasteiger partial charge in [-0.2, -0.15) is 0 Å². The predicted molar refractivity (Wildman–Crippen MR) is 112 cm³/mol. The lowest BCUT2D eigenvalue weighted by Gasteiger charge is -2.38. The van der Waals surface area contributed by atoms with Gasteiger partial charge in [-0.3, -0.25) is 9.59 Å². The lowest BCUT2D eigenvalue weighted by molar-refractivity contribution is -0.139. The van der Waals surface area contributed by atoms with Gasteiger partial charge in [0.2, 0.25) is 0 Å². The van der Waals surface area contributed by atoms with Gasteiger partial charge in [-0.1, -0.05) is 0 Å². The number of carbonyl (C=O) groups excluding carboxylic acids is 2. The Bertz CT molecular complexity index is 653. The van der Waals surface area contributed by atoms with Crippen molar-refractivity contribution < 1.29 is 14.3 Å². The Balaban J connectivity index is 0.00000280. The van der Waals surface area contributed by atoms with Crippen LogP contribution in [0.3, 0.4) is 0 Å². The van der Waals surface area contributed by atoms with Crippen molar-refractivity contribution in [3.63, 3.8) is 0 Å². The topological polar surface area (TPSA) is 84.7 Å². The fraction of sp³-hybridized carbons (Fsp3) is 0.619. The summed E-state index contributed by atoms with van der Waals surface area (Å²) < 4.78 is 5.66. The highest BCUT2D eigenvalue weighted by atomic mass is 35.5. The van der Waals surface area contributed by atoms with Gasteiger partial charge < -0.3 is 20.7 Å². The molecular formula is C21H32ClN3O3. The average molecular weight is 410 g/mol. The molecule has 1 aliphatic heterocycles. The average Bonchev–Trinajstić information content (AvgIpc) is 3.49. The molecule has 3 rings (SSSR count). The van der Waals surface area contributed by atoms with Crippen molar-refractivity contribution in [3.05, 3.63) is 29.8 Å². The largest absolute Gasteiger partial charge is 0.484 e. The van der Waals surface area contributed by atoms with Crippen LogP contribution in [0.15, 0.2) is 24.3 Å². The molecule has 2 fully saturated rings. The van der Waals surface area contributed by atoms with Crippen LogP contribution in [0.2, 0.25) is 0 Å². The third-order valence-electron chi connectivity index (χ3n) is 5.72. The standard InChI is InChI=1S/C21H31N3O3.ClH/c1-14-4-3-5-15(2)24(14)20(25)13-27-18-10-8-17(9-11-18)21(26)23-19(12-22)16-6-7-16;/h8-11,14-16,19H,3-7,12-13,22H2,1-2H3,(H,23,26);1H. The minimum absolute atomic E-state index is 0. The molecule has 3 N–H and O–H groups in total. The molecule has 3 unspecified atom stereocenters. The Hall–Kier alpha value is -1.79. The highest BCUT2D eigenvalue weighted by Crippen LogP contribution is 2.32. The van der Waals surface area contributed by atoms with Crippen LogP contribution in [0.25, 0.3) is 0 Å². The number of piperidine rings is 1. The van der Waals surface area contributed by atoms with Gasteiger partial charge >= 0.3 is 0 Å². The smallest absolute Gasteiger partial charge is 0.260 e. The van der Waals surface area contributed by atoms with Crippen LogP contribution in [0, 0.1) is 5.92 Å². The molecular weight excluding hydrogens is 378 g/mol. The first-order valence-corrected chi connectivity index (χ1v) is 10.0. The molecule has 0 radical (unpaired) electrons. The summed E-state index contributed by atoms with van der Waals surface area (Å²) in [5.41, 5.74) is 6.32. The van der Waals surface area contributed by atoms with Crippen LogP contribution in [0.1, 0.15) is 56.3 Å². The second-order valence-electron chi connectivity index (χ2n) is 7.90. The Labute approximate surface area is 173 Å². The molecule has 1 saturated heterocycles. The molecule has 1 heterocycles. The second-order valence-corrected chi connectivity index (χ2v) is 7.90. The Morgan fingerprint density at radius 3 is 2.29 bits per heavy atom. The number of amides is 2. The van der Waals surface area contributed by atoms with Crippen molar-refractivity contribution in [1.29, 1.82) is 0 Å². The van der Waals surface area contributed by atoms with Gasteiger partial charge in [-0.05, 0) is 76.1 Å². The Morgan fingerprint density at radius 2 is 1.75 bits per heavy atom. The number of benzene rings is 1. The monoisotopic (exact) mass is 409 g/mol. The molecule has 0 aromatic heterocycles. The van der Waals surface area contributed by atoms with Crippen LogP contribution in [-0.4, -0.2) is 48.0 Å². The van der Waals surface area contributed by atoms with Crippen LogP contribution in [0.5, 0.6) is 5.75 Å². The number of likely N-dealkylation sites (tertiary alicyclic amines) is 1. The fourth-order valence-corrected chi connectivity index (χ4v) is 3.95. The molecule has 0 spiro atoms. The maximum absolute atomic E-state index is 12.5. The van der Waals surface area contributed by atoms with Gasteiger partial charge in [0, 0.05) is 30.2 Å². The van der Waals surface area contributed by atoms with E-state index < -0.39 is 0 Å². The van der Waals surface area contributed by atoms with E-state index in [-0.39, 0.29) is 49.0 Å². The van der Waals surface area contributed by atoms with Gasteiger partial charge in [0.15, 0.2) is 6.61 Å². The second kappa shape index (κ2) is 10.1. The number of nitrogens with one attached hydrogen (secondary N) is 1. The van der Waals surface area contributed by atoms with E-state index in [4.69, 9.17) is 10.5 Å². The maximum atomic E-state index is 12.5. The highest BCUT2D eigenvalue weighted by molar-refractivity contribution is 5.94. The summed E-state index contributed by atoms with van der Waals surface area (Å²) in [6, 6.07) is 7.50. The molecule has 3 atom stereocenters. The molecule has 156 valence electrons. The maximum Gasteiger partial charge on any atom is 0.260 e. The van der Waals surface area contributed by atoms with E-state index in [9.17, 15) is 9.59 Å².